The second kappa shape index (κ2) is 13.5. The van der Waals surface area contributed by atoms with Crippen LogP contribution >= 0.6 is 0 Å². The molecular formula is C18H41N3. The van der Waals surface area contributed by atoms with Gasteiger partial charge in [0.15, 0.2) is 0 Å². The molecule has 0 aromatic carbocycles. The molecular weight excluding hydrogens is 258 g/mol. The molecule has 1 atom stereocenters. The number of hydrogen-bond acceptors (Lipinski definition) is 3. The van der Waals surface area contributed by atoms with Crippen molar-refractivity contribution in [3.63, 3.8) is 0 Å². The average molecular weight is 300 g/mol. The highest BCUT2D eigenvalue weighted by Gasteiger charge is 2.09. The van der Waals surface area contributed by atoms with E-state index in [4.69, 9.17) is 11.5 Å². The molecule has 0 radical (unpaired) electrons. The van der Waals surface area contributed by atoms with Crippen LogP contribution in [0.1, 0.15) is 85.0 Å². The molecule has 0 aromatic heterocycles. The quantitative estimate of drug-likeness (QED) is 0.427. The van der Waals surface area contributed by atoms with Gasteiger partial charge < -0.3 is 16.8 Å². The first kappa shape index (κ1) is 20.9. The maximum Gasteiger partial charge on any atom is 0.00770 e. The Kier molecular flexibility index (Phi) is 13.5. The van der Waals surface area contributed by atoms with E-state index in [1.165, 1.54) is 57.8 Å². The monoisotopic (exact) mass is 299 g/mol. The van der Waals surface area contributed by atoms with E-state index in [2.05, 4.69) is 26.1 Å². The third-order valence-electron chi connectivity index (χ3n) is 4.06. The second-order valence-electron chi connectivity index (χ2n) is 7.59. The Hall–Kier alpha value is -0.120. The van der Waals surface area contributed by atoms with Crippen LogP contribution in [0.15, 0.2) is 0 Å². The molecule has 128 valence electrons. The molecule has 3 heteroatoms. The molecule has 0 rings (SSSR count). The highest BCUT2D eigenvalue weighted by molar-refractivity contribution is 4.68. The van der Waals surface area contributed by atoms with Gasteiger partial charge in [-0.15, -0.1) is 0 Å². The lowest BCUT2D eigenvalue weighted by molar-refractivity contribution is 0.355. The summed E-state index contributed by atoms with van der Waals surface area (Å²) in [5, 5.41) is 3.55. The second-order valence-corrected chi connectivity index (χ2v) is 7.59. The van der Waals surface area contributed by atoms with Crippen LogP contribution in [0.2, 0.25) is 0 Å². The van der Waals surface area contributed by atoms with E-state index in [1.807, 2.05) is 0 Å². The Morgan fingerprint density at radius 2 is 1.33 bits per heavy atom. The van der Waals surface area contributed by atoms with Gasteiger partial charge in [-0.3, -0.25) is 0 Å². The summed E-state index contributed by atoms with van der Waals surface area (Å²) in [7, 11) is 0. The molecule has 0 fully saturated rings. The molecule has 3 nitrogen and oxygen atoms in total. The first-order valence-electron chi connectivity index (χ1n) is 9.13. The van der Waals surface area contributed by atoms with Crippen LogP contribution in [0.25, 0.3) is 0 Å². The van der Waals surface area contributed by atoms with Crippen molar-refractivity contribution in [2.45, 2.75) is 91.0 Å². The topological polar surface area (TPSA) is 64.1 Å². The third kappa shape index (κ3) is 16.1. The van der Waals surface area contributed by atoms with E-state index in [0.717, 1.165) is 26.1 Å². The van der Waals surface area contributed by atoms with Gasteiger partial charge in [0.1, 0.15) is 0 Å². The largest absolute Gasteiger partial charge is 0.330 e. The summed E-state index contributed by atoms with van der Waals surface area (Å²) in [6, 6.07) is 0.623. The van der Waals surface area contributed by atoms with Crippen molar-refractivity contribution in [1.82, 2.24) is 5.32 Å². The zero-order valence-corrected chi connectivity index (χ0v) is 14.9. The molecule has 0 heterocycles. The molecule has 0 aliphatic heterocycles. The van der Waals surface area contributed by atoms with E-state index >= 15 is 0 Å². The number of hydrogen-bond donors (Lipinski definition) is 3. The fourth-order valence-electron chi connectivity index (χ4n) is 2.75. The molecule has 0 bridgehead atoms. The van der Waals surface area contributed by atoms with Crippen molar-refractivity contribution in [3.05, 3.63) is 0 Å². The highest BCUT2D eigenvalue weighted by Crippen LogP contribution is 2.22. The lowest BCUT2D eigenvalue weighted by Gasteiger charge is -2.18. The molecule has 0 aliphatic carbocycles. The predicted octanol–water partition coefficient (Wildman–Crippen LogP) is 3.81. The maximum absolute atomic E-state index is 5.61. The van der Waals surface area contributed by atoms with Gasteiger partial charge in [-0.2, -0.15) is 0 Å². The fraction of sp³-hybridized carbons (Fsp3) is 1.00. The number of nitrogens with one attached hydrogen (secondary N) is 1. The van der Waals surface area contributed by atoms with E-state index in [9.17, 15) is 0 Å². The Morgan fingerprint density at radius 1 is 0.762 bits per heavy atom. The van der Waals surface area contributed by atoms with E-state index in [0.29, 0.717) is 11.5 Å². The van der Waals surface area contributed by atoms with Gasteiger partial charge in [0, 0.05) is 19.1 Å². The van der Waals surface area contributed by atoms with Crippen LogP contribution in [0.5, 0.6) is 0 Å². The third-order valence-corrected chi connectivity index (χ3v) is 4.06. The van der Waals surface area contributed by atoms with Crippen LogP contribution in [-0.2, 0) is 0 Å². The summed E-state index contributed by atoms with van der Waals surface area (Å²) in [6.07, 6.45) is 13.3. The van der Waals surface area contributed by atoms with Crippen LogP contribution in [0, 0.1) is 5.41 Å². The van der Waals surface area contributed by atoms with Gasteiger partial charge in [0.25, 0.3) is 0 Å². The Morgan fingerprint density at radius 3 is 1.90 bits per heavy atom. The lowest BCUT2D eigenvalue weighted by atomic mass is 9.89. The van der Waals surface area contributed by atoms with Crippen molar-refractivity contribution in [1.29, 1.82) is 0 Å². The Bertz CT molecular complexity index is 203. The summed E-state index contributed by atoms with van der Waals surface area (Å²) in [5.74, 6) is 0. The minimum atomic E-state index is 0.505. The molecule has 0 spiro atoms. The normalized spacial score (nSPS) is 13.6. The lowest BCUT2D eigenvalue weighted by Crippen LogP contribution is -2.33. The molecule has 5 N–H and O–H groups in total. The van der Waals surface area contributed by atoms with Crippen LogP contribution in [0.3, 0.4) is 0 Å². The first-order chi connectivity index (χ1) is 9.99. The zero-order valence-electron chi connectivity index (χ0n) is 14.9. The van der Waals surface area contributed by atoms with Crippen molar-refractivity contribution in [2.24, 2.45) is 16.9 Å². The molecule has 0 saturated carbocycles. The van der Waals surface area contributed by atoms with Gasteiger partial charge in [0.2, 0.25) is 0 Å². The molecule has 1 unspecified atom stereocenters. The van der Waals surface area contributed by atoms with Gasteiger partial charge in [-0.05, 0) is 37.6 Å². The SMILES string of the molecule is CC(C)(C)CCCCCCCCC(CCCN)NCCN. The summed E-state index contributed by atoms with van der Waals surface area (Å²) in [6.45, 7) is 9.47. The molecule has 0 aromatic rings. The fourth-order valence-corrected chi connectivity index (χ4v) is 2.75. The minimum Gasteiger partial charge on any atom is -0.330 e. The molecule has 21 heavy (non-hydrogen) atoms. The summed E-state index contributed by atoms with van der Waals surface area (Å²) < 4.78 is 0. The van der Waals surface area contributed by atoms with E-state index in [1.54, 1.807) is 0 Å². The van der Waals surface area contributed by atoms with Gasteiger partial charge in [-0.25, -0.2) is 0 Å². The number of rotatable bonds is 14. The minimum absolute atomic E-state index is 0.505. The highest BCUT2D eigenvalue weighted by atomic mass is 14.9. The van der Waals surface area contributed by atoms with Crippen molar-refractivity contribution >= 4 is 0 Å². The predicted molar refractivity (Wildman–Crippen MR) is 95.5 cm³/mol. The van der Waals surface area contributed by atoms with Gasteiger partial charge >= 0.3 is 0 Å². The van der Waals surface area contributed by atoms with Gasteiger partial charge in [-0.1, -0.05) is 59.3 Å². The zero-order chi connectivity index (χ0) is 16.0. The molecule has 0 amide bonds. The van der Waals surface area contributed by atoms with E-state index in [-0.39, 0.29) is 0 Å². The standard InChI is InChI=1S/C18H41N3/c1-18(2,3)13-9-7-5-4-6-8-11-17(12-10-14-19)21-16-15-20/h17,21H,4-16,19-20H2,1-3H3. The first-order valence-corrected chi connectivity index (χ1v) is 9.13. The van der Waals surface area contributed by atoms with Crippen molar-refractivity contribution in [2.75, 3.05) is 19.6 Å². The maximum atomic E-state index is 5.61. The summed E-state index contributed by atoms with van der Waals surface area (Å²) >= 11 is 0. The number of nitrogens with two attached hydrogens (primary N) is 2. The van der Waals surface area contributed by atoms with Crippen LogP contribution in [-0.4, -0.2) is 25.7 Å². The summed E-state index contributed by atoms with van der Waals surface area (Å²) in [4.78, 5) is 0. The van der Waals surface area contributed by atoms with Gasteiger partial charge in [0.05, 0.1) is 0 Å². The van der Waals surface area contributed by atoms with Crippen LogP contribution < -0.4 is 16.8 Å². The number of unbranched alkanes of at least 4 members (excludes halogenated alkanes) is 5. The smallest absolute Gasteiger partial charge is 0.00770 e. The molecule has 0 aliphatic rings. The summed E-state index contributed by atoms with van der Waals surface area (Å²) in [5.41, 5.74) is 11.7. The Balaban J connectivity index is 3.47. The Labute approximate surface area is 133 Å². The van der Waals surface area contributed by atoms with Crippen LogP contribution in [0.4, 0.5) is 0 Å². The van der Waals surface area contributed by atoms with E-state index < -0.39 is 0 Å². The van der Waals surface area contributed by atoms with Crippen molar-refractivity contribution in [3.8, 4) is 0 Å². The average Bonchev–Trinajstić information content (AvgIpc) is 2.42. The van der Waals surface area contributed by atoms with Crippen molar-refractivity contribution < 1.29 is 0 Å². The molecule has 0 saturated heterocycles.